The van der Waals surface area contributed by atoms with Gasteiger partial charge in [0.15, 0.2) is 0 Å². The van der Waals surface area contributed by atoms with Crippen LogP contribution < -0.4 is 5.32 Å². The summed E-state index contributed by atoms with van der Waals surface area (Å²) in [6.45, 7) is 6.98. The molecule has 0 aromatic rings. The average Bonchev–Trinajstić information content (AvgIpc) is 3.13. The molecule has 1 heterocycles. The van der Waals surface area contributed by atoms with Crippen molar-refractivity contribution in [3.05, 3.63) is 0 Å². The number of nitrogens with one attached hydrogen (secondary N) is 1. The van der Waals surface area contributed by atoms with Gasteiger partial charge in [-0.2, -0.15) is 0 Å². The van der Waals surface area contributed by atoms with E-state index in [1.54, 1.807) is 0 Å². The smallest absolute Gasteiger partial charge is 0.245 e. The number of hydrogen-bond donors (Lipinski definition) is 1. The van der Waals surface area contributed by atoms with Crippen molar-refractivity contribution in [2.75, 3.05) is 13.2 Å². The molecular formula is C14H24N2O3. The molecule has 1 saturated heterocycles. The van der Waals surface area contributed by atoms with Crippen LogP contribution in [0.5, 0.6) is 0 Å². The summed E-state index contributed by atoms with van der Waals surface area (Å²) < 4.78 is 5.52. The first-order valence-electron chi connectivity index (χ1n) is 7.20. The Labute approximate surface area is 114 Å². The zero-order chi connectivity index (χ0) is 14.0. The molecule has 0 aromatic carbocycles. The molecule has 2 rings (SSSR count). The molecule has 0 aromatic heterocycles. The van der Waals surface area contributed by atoms with E-state index in [-0.39, 0.29) is 30.0 Å². The third-order valence-corrected chi connectivity index (χ3v) is 3.76. The summed E-state index contributed by atoms with van der Waals surface area (Å²) in [5.41, 5.74) is 0. The Morgan fingerprint density at radius 3 is 2.63 bits per heavy atom. The second kappa shape index (κ2) is 5.90. The number of carbonyl (C=O) groups is 2. The minimum absolute atomic E-state index is 0.00923. The summed E-state index contributed by atoms with van der Waals surface area (Å²) in [4.78, 5) is 26.1. The number of nitrogens with zero attached hydrogens (tertiary/aromatic N) is 1. The van der Waals surface area contributed by atoms with Crippen molar-refractivity contribution < 1.29 is 14.3 Å². The highest BCUT2D eigenvalue weighted by atomic mass is 16.5. The lowest BCUT2D eigenvalue weighted by Gasteiger charge is -2.29. The Hall–Kier alpha value is -1.10. The molecule has 0 bridgehead atoms. The standard InChI is InChI=1S/C14H24N2O3/c1-9(2)19-7-6-16-10(3)8-12(17)15-13(14(16)18)11-4-5-11/h9-11,13H,4-8H2,1-3H3,(H,15,17). The van der Waals surface area contributed by atoms with E-state index in [9.17, 15) is 9.59 Å². The van der Waals surface area contributed by atoms with Crippen molar-refractivity contribution in [2.24, 2.45) is 5.92 Å². The van der Waals surface area contributed by atoms with Gasteiger partial charge in [0.25, 0.3) is 0 Å². The summed E-state index contributed by atoms with van der Waals surface area (Å²) >= 11 is 0. The first kappa shape index (κ1) is 14.3. The molecule has 2 aliphatic rings. The van der Waals surface area contributed by atoms with E-state index in [0.29, 0.717) is 25.5 Å². The van der Waals surface area contributed by atoms with Gasteiger partial charge in [-0.3, -0.25) is 9.59 Å². The van der Waals surface area contributed by atoms with Crippen molar-refractivity contribution >= 4 is 11.8 Å². The van der Waals surface area contributed by atoms with E-state index in [0.717, 1.165) is 12.8 Å². The summed E-state index contributed by atoms with van der Waals surface area (Å²) in [6, 6.07) is -0.358. The van der Waals surface area contributed by atoms with Crippen molar-refractivity contribution in [1.82, 2.24) is 10.2 Å². The number of carbonyl (C=O) groups excluding carboxylic acids is 2. The second-order valence-electron chi connectivity index (χ2n) is 5.89. The predicted octanol–water partition coefficient (Wildman–Crippen LogP) is 0.927. The third kappa shape index (κ3) is 3.69. The maximum Gasteiger partial charge on any atom is 0.245 e. The minimum atomic E-state index is -0.309. The lowest BCUT2D eigenvalue weighted by molar-refractivity contribution is -0.136. The molecule has 0 spiro atoms. The average molecular weight is 268 g/mol. The summed E-state index contributed by atoms with van der Waals surface area (Å²) in [5.74, 6) is 0.397. The second-order valence-corrected chi connectivity index (χ2v) is 5.89. The Kier molecular flexibility index (Phi) is 4.45. The SMILES string of the molecule is CC(C)OCCN1C(=O)C(C2CC2)NC(=O)CC1C. The molecule has 108 valence electrons. The molecule has 0 radical (unpaired) electrons. The molecule has 19 heavy (non-hydrogen) atoms. The summed E-state index contributed by atoms with van der Waals surface area (Å²) in [6.07, 6.45) is 2.63. The van der Waals surface area contributed by atoms with Gasteiger partial charge in [-0.15, -0.1) is 0 Å². The van der Waals surface area contributed by atoms with E-state index in [2.05, 4.69) is 5.32 Å². The highest BCUT2D eigenvalue weighted by molar-refractivity contribution is 5.91. The van der Waals surface area contributed by atoms with Crippen molar-refractivity contribution in [2.45, 2.75) is 58.2 Å². The molecule has 5 nitrogen and oxygen atoms in total. The van der Waals surface area contributed by atoms with Gasteiger partial charge in [-0.05, 0) is 39.5 Å². The monoisotopic (exact) mass is 268 g/mol. The molecule has 1 aliphatic carbocycles. The number of amides is 2. The van der Waals surface area contributed by atoms with Crippen LogP contribution in [0.2, 0.25) is 0 Å². The molecule has 1 N–H and O–H groups in total. The minimum Gasteiger partial charge on any atom is -0.377 e. The highest BCUT2D eigenvalue weighted by Gasteiger charge is 2.42. The van der Waals surface area contributed by atoms with E-state index < -0.39 is 0 Å². The van der Waals surface area contributed by atoms with Crippen molar-refractivity contribution in [3.63, 3.8) is 0 Å². The van der Waals surface area contributed by atoms with Crippen LogP contribution in [0.25, 0.3) is 0 Å². The van der Waals surface area contributed by atoms with E-state index in [1.807, 2.05) is 25.7 Å². The van der Waals surface area contributed by atoms with Crippen LogP contribution in [-0.4, -0.2) is 48.1 Å². The topological polar surface area (TPSA) is 58.6 Å². The molecule has 2 unspecified atom stereocenters. The molecule has 2 fully saturated rings. The van der Waals surface area contributed by atoms with Gasteiger partial charge in [0, 0.05) is 19.0 Å². The Morgan fingerprint density at radius 1 is 1.37 bits per heavy atom. The number of rotatable bonds is 5. The fraction of sp³-hybridized carbons (Fsp3) is 0.857. The van der Waals surface area contributed by atoms with Gasteiger partial charge in [0.1, 0.15) is 6.04 Å². The lowest BCUT2D eigenvalue weighted by Crippen LogP contribution is -2.48. The van der Waals surface area contributed by atoms with E-state index in [1.165, 1.54) is 0 Å². The maximum absolute atomic E-state index is 12.5. The molecule has 1 aliphatic heterocycles. The first-order valence-corrected chi connectivity index (χ1v) is 7.20. The van der Waals surface area contributed by atoms with E-state index in [4.69, 9.17) is 4.74 Å². The van der Waals surface area contributed by atoms with Crippen LogP contribution in [0.3, 0.4) is 0 Å². The summed E-state index contributed by atoms with van der Waals surface area (Å²) in [7, 11) is 0. The predicted molar refractivity (Wildman–Crippen MR) is 71.5 cm³/mol. The number of hydrogen-bond acceptors (Lipinski definition) is 3. The quantitative estimate of drug-likeness (QED) is 0.807. The lowest BCUT2D eigenvalue weighted by atomic mass is 10.1. The largest absolute Gasteiger partial charge is 0.377 e. The zero-order valence-corrected chi connectivity index (χ0v) is 12.0. The Balaban J connectivity index is 2.00. The summed E-state index contributed by atoms with van der Waals surface area (Å²) in [5, 5.41) is 2.88. The van der Waals surface area contributed by atoms with Gasteiger partial charge >= 0.3 is 0 Å². The van der Waals surface area contributed by atoms with Crippen LogP contribution in [-0.2, 0) is 14.3 Å². The highest BCUT2D eigenvalue weighted by Crippen LogP contribution is 2.34. The van der Waals surface area contributed by atoms with Crippen LogP contribution in [0.15, 0.2) is 0 Å². The van der Waals surface area contributed by atoms with Gasteiger partial charge in [0.2, 0.25) is 11.8 Å². The van der Waals surface area contributed by atoms with Gasteiger partial charge in [-0.25, -0.2) is 0 Å². The number of ether oxygens (including phenoxy) is 1. The van der Waals surface area contributed by atoms with Crippen LogP contribution in [0.1, 0.15) is 40.0 Å². The zero-order valence-electron chi connectivity index (χ0n) is 12.0. The van der Waals surface area contributed by atoms with Gasteiger partial charge in [0.05, 0.1) is 12.7 Å². The third-order valence-electron chi connectivity index (χ3n) is 3.76. The maximum atomic E-state index is 12.5. The molecule has 2 atom stereocenters. The van der Waals surface area contributed by atoms with E-state index >= 15 is 0 Å². The van der Waals surface area contributed by atoms with Gasteiger partial charge < -0.3 is 15.0 Å². The van der Waals surface area contributed by atoms with Crippen LogP contribution >= 0.6 is 0 Å². The Bertz CT molecular complexity index is 353. The fourth-order valence-electron chi connectivity index (χ4n) is 2.53. The molecule has 1 saturated carbocycles. The fourth-order valence-corrected chi connectivity index (χ4v) is 2.53. The molecule has 5 heteroatoms. The first-order chi connectivity index (χ1) is 8.99. The molecular weight excluding hydrogens is 244 g/mol. The van der Waals surface area contributed by atoms with Crippen molar-refractivity contribution in [3.8, 4) is 0 Å². The Morgan fingerprint density at radius 2 is 2.05 bits per heavy atom. The van der Waals surface area contributed by atoms with Crippen LogP contribution in [0, 0.1) is 5.92 Å². The molecule has 2 amide bonds. The normalized spacial score (nSPS) is 28.5. The van der Waals surface area contributed by atoms with Crippen molar-refractivity contribution in [1.29, 1.82) is 0 Å². The van der Waals surface area contributed by atoms with Crippen LogP contribution in [0.4, 0.5) is 0 Å². The van der Waals surface area contributed by atoms with Gasteiger partial charge in [-0.1, -0.05) is 0 Å².